The zero-order chi connectivity index (χ0) is 15.0. The maximum Gasteiger partial charge on any atom is 0.124 e. The number of hydrogen-bond donors (Lipinski definition) is 1. The van der Waals surface area contributed by atoms with Crippen molar-refractivity contribution in [3.05, 3.63) is 65.7 Å². The van der Waals surface area contributed by atoms with Crippen LogP contribution in [-0.2, 0) is 17.9 Å². The largest absolute Gasteiger partial charge is 0.489 e. The summed E-state index contributed by atoms with van der Waals surface area (Å²) < 4.78 is 11.6. The normalized spacial score (nSPS) is 17.5. The van der Waals surface area contributed by atoms with Crippen LogP contribution in [0.15, 0.2) is 54.6 Å². The molecule has 0 amide bonds. The van der Waals surface area contributed by atoms with Gasteiger partial charge in [0.2, 0.25) is 0 Å². The van der Waals surface area contributed by atoms with Gasteiger partial charge in [-0.15, -0.1) is 0 Å². The van der Waals surface area contributed by atoms with Gasteiger partial charge in [0.25, 0.3) is 0 Å². The van der Waals surface area contributed by atoms with Crippen molar-refractivity contribution in [2.45, 2.75) is 32.1 Å². The average Bonchev–Trinajstić information content (AvgIpc) is 3.08. The molecule has 0 radical (unpaired) electrons. The Bertz CT molecular complexity index is 565. The smallest absolute Gasteiger partial charge is 0.124 e. The van der Waals surface area contributed by atoms with Crippen LogP contribution in [0.5, 0.6) is 5.75 Å². The lowest BCUT2D eigenvalue weighted by Crippen LogP contribution is -2.25. The molecule has 3 heteroatoms. The van der Waals surface area contributed by atoms with E-state index in [9.17, 15) is 0 Å². The highest BCUT2D eigenvalue weighted by atomic mass is 16.5. The predicted molar refractivity (Wildman–Crippen MR) is 87.9 cm³/mol. The highest BCUT2D eigenvalue weighted by Crippen LogP contribution is 2.19. The molecule has 1 N–H and O–H groups in total. The first-order valence-electron chi connectivity index (χ1n) is 7.99. The van der Waals surface area contributed by atoms with Crippen LogP contribution in [0, 0.1) is 0 Å². The number of ether oxygens (including phenoxy) is 2. The third kappa shape index (κ3) is 4.33. The molecule has 116 valence electrons. The number of nitrogens with one attached hydrogen (secondary N) is 1. The summed E-state index contributed by atoms with van der Waals surface area (Å²) in [6.07, 6.45) is 2.72. The molecule has 1 atom stereocenters. The second-order valence-electron chi connectivity index (χ2n) is 5.65. The standard InChI is InChI=1S/C19H23NO2/c1-2-7-16(8-3-1)15-22-19-11-5-4-9-17(19)13-20-14-18-10-6-12-21-18/h1-5,7-9,11,18,20H,6,10,12-15H2/t18-/m0/s1. The lowest BCUT2D eigenvalue weighted by Gasteiger charge is -2.14. The van der Waals surface area contributed by atoms with Crippen LogP contribution < -0.4 is 10.1 Å². The van der Waals surface area contributed by atoms with Gasteiger partial charge in [0.1, 0.15) is 12.4 Å². The highest BCUT2D eigenvalue weighted by molar-refractivity contribution is 5.33. The van der Waals surface area contributed by atoms with Gasteiger partial charge in [0, 0.05) is 25.3 Å². The van der Waals surface area contributed by atoms with E-state index >= 15 is 0 Å². The summed E-state index contributed by atoms with van der Waals surface area (Å²) in [6, 6.07) is 18.5. The Morgan fingerprint density at radius 2 is 1.86 bits per heavy atom. The van der Waals surface area contributed by atoms with E-state index in [1.165, 1.54) is 24.0 Å². The molecule has 0 unspecified atom stereocenters. The first-order chi connectivity index (χ1) is 10.9. The summed E-state index contributed by atoms with van der Waals surface area (Å²) in [5.74, 6) is 0.950. The topological polar surface area (TPSA) is 30.5 Å². The van der Waals surface area contributed by atoms with Crippen molar-refractivity contribution in [1.82, 2.24) is 5.32 Å². The molecule has 1 heterocycles. The van der Waals surface area contributed by atoms with Crippen molar-refractivity contribution >= 4 is 0 Å². The summed E-state index contributed by atoms with van der Waals surface area (Å²) in [7, 11) is 0. The Hall–Kier alpha value is -1.84. The van der Waals surface area contributed by atoms with Gasteiger partial charge in [-0.3, -0.25) is 0 Å². The van der Waals surface area contributed by atoms with Crippen molar-refractivity contribution in [2.75, 3.05) is 13.2 Å². The molecule has 0 aromatic heterocycles. The van der Waals surface area contributed by atoms with Gasteiger partial charge in [-0.1, -0.05) is 48.5 Å². The van der Waals surface area contributed by atoms with E-state index < -0.39 is 0 Å². The lowest BCUT2D eigenvalue weighted by atomic mass is 10.2. The van der Waals surface area contributed by atoms with Crippen molar-refractivity contribution in [3.8, 4) is 5.75 Å². The molecule has 1 saturated heterocycles. The van der Waals surface area contributed by atoms with E-state index in [-0.39, 0.29) is 0 Å². The van der Waals surface area contributed by atoms with Crippen LogP contribution >= 0.6 is 0 Å². The number of hydrogen-bond acceptors (Lipinski definition) is 3. The van der Waals surface area contributed by atoms with Crippen molar-refractivity contribution < 1.29 is 9.47 Å². The molecule has 1 fully saturated rings. The van der Waals surface area contributed by atoms with Crippen molar-refractivity contribution in [1.29, 1.82) is 0 Å². The molecule has 22 heavy (non-hydrogen) atoms. The first kappa shape index (κ1) is 15.1. The molecule has 1 aliphatic heterocycles. The number of rotatable bonds is 7. The van der Waals surface area contributed by atoms with Gasteiger partial charge in [0.15, 0.2) is 0 Å². The minimum atomic E-state index is 0.373. The zero-order valence-corrected chi connectivity index (χ0v) is 12.8. The minimum Gasteiger partial charge on any atom is -0.489 e. The highest BCUT2D eigenvalue weighted by Gasteiger charge is 2.14. The number of para-hydroxylation sites is 1. The molecule has 2 aromatic rings. The van der Waals surface area contributed by atoms with E-state index in [1.807, 2.05) is 30.3 Å². The van der Waals surface area contributed by atoms with E-state index in [1.54, 1.807) is 0 Å². The molecule has 3 nitrogen and oxygen atoms in total. The van der Waals surface area contributed by atoms with Crippen molar-refractivity contribution in [3.63, 3.8) is 0 Å². The van der Waals surface area contributed by atoms with E-state index in [4.69, 9.17) is 9.47 Å². The van der Waals surface area contributed by atoms with E-state index in [0.29, 0.717) is 12.7 Å². The van der Waals surface area contributed by atoms with Gasteiger partial charge < -0.3 is 14.8 Å². The van der Waals surface area contributed by atoms with Crippen LogP contribution in [-0.4, -0.2) is 19.3 Å². The quantitative estimate of drug-likeness (QED) is 0.848. The molecule has 1 aliphatic rings. The minimum absolute atomic E-state index is 0.373. The predicted octanol–water partition coefficient (Wildman–Crippen LogP) is 3.53. The Labute approximate surface area is 132 Å². The second-order valence-corrected chi connectivity index (χ2v) is 5.65. The Morgan fingerprint density at radius 1 is 1.05 bits per heavy atom. The fourth-order valence-electron chi connectivity index (χ4n) is 2.70. The molecule has 2 aromatic carbocycles. The Balaban J connectivity index is 1.52. The Kier molecular flexibility index (Phi) is 5.46. The monoisotopic (exact) mass is 297 g/mol. The molecule has 3 rings (SSSR count). The zero-order valence-electron chi connectivity index (χ0n) is 12.8. The molecule has 0 aliphatic carbocycles. The summed E-state index contributed by atoms with van der Waals surface area (Å²) in [4.78, 5) is 0. The summed E-state index contributed by atoms with van der Waals surface area (Å²) in [5, 5.41) is 3.48. The van der Waals surface area contributed by atoms with Gasteiger partial charge in [-0.2, -0.15) is 0 Å². The van der Waals surface area contributed by atoms with Crippen molar-refractivity contribution in [2.24, 2.45) is 0 Å². The molecule has 0 saturated carbocycles. The average molecular weight is 297 g/mol. The van der Waals surface area contributed by atoms with Gasteiger partial charge in [-0.25, -0.2) is 0 Å². The Morgan fingerprint density at radius 3 is 2.68 bits per heavy atom. The lowest BCUT2D eigenvalue weighted by molar-refractivity contribution is 0.110. The van der Waals surface area contributed by atoms with Gasteiger partial charge in [-0.05, 0) is 24.5 Å². The summed E-state index contributed by atoms with van der Waals surface area (Å²) >= 11 is 0. The van der Waals surface area contributed by atoms with Crippen LogP contribution in [0.2, 0.25) is 0 Å². The first-order valence-corrected chi connectivity index (χ1v) is 7.99. The van der Waals surface area contributed by atoms with Crippen LogP contribution in [0.3, 0.4) is 0 Å². The van der Waals surface area contributed by atoms with E-state index in [2.05, 4.69) is 29.6 Å². The van der Waals surface area contributed by atoms with Gasteiger partial charge in [0.05, 0.1) is 6.10 Å². The number of benzene rings is 2. The van der Waals surface area contributed by atoms with Crippen LogP contribution in [0.25, 0.3) is 0 Å². The SMILES string of the molecule is c1ccc(COc2ccccc2CNC[C@@H]2CCCO2)cc1. The molecule has 0 bridgehead atoms. The molecular weight excluding hydrogens is 274 g/mol. The fourth-order valence-corrected chi connectivity index (χ4v) is 2.70. The van der Waals surface area contributed by atoms with Crippen LogP contribution in [0.4, 0.5) is 0 Å². The van der Waals surface area contributed by atoms with Crippen LogP contribution in [0.1, 0.15) is 24.0 Å². The third-order valence-corrected chi connectivity index (χ3v) is 3.92. The third-order valence-electron chi connectivity index (χ3n) is 3.92. The maximum atomic E-state index is 5.97. The molecular formula is C19H23NO2. The summed E-state index contributed by atoms with van der Waals surface area (Å²) in [5.41, 5.74) is 2.38. The second kappa shape index (κ2) is 7.97. The maximum absolute atomic E-state index is 5.97. The molecule has 0 spiro atoms. The fraction of sp³-hybridized carbons (Fsp3) is 0.368. The summed E-state index contributed by atoms with van der Waals surface area (Å²) in [6.45, 7) is 3.23. The van der Waals surface area contributed by atoms with Gasteiger partial charge >= 0.3 is 0 Å². The van der Waals surface area contributed by atoms with E-state index in [0.717, 1.165) is 25.4 Å².